The first-order chi connectivity index (χ1) is 7.09. The normalized spacial score (nSPS) is 10.6. The van der Waals surface area contributed by atoms with Crippen LogP contribution < -0.4 is 5.69 Å². The molecule has 0 radical (unpaired) electrons. The number of hydrogen-bond donors (Lipinski definition) is 0. The molecule has 2 aromatic rings. The first kappa shape index (κ1) is 9.98. The molecule has 1 aromatic carbocycles. The minimum absolute atomic E-state index is 0.172. The van der Waals surface area contributed by atoms with Crippen molar-refractivity contribution in [3.8, 4) is 5.69 Å². The molecule has 0 aliphatic rings. The van der Waals surface area contributed by atoms with Gasteiger partial charge in [-0.15, -0.1) is 0 Å². The van der Waals surface area contributed by atoms with Gasteiger partial charge < -0.3 is 0 Å². The van der Waals surface area contributed by atoms with Crippen molar-refractivity contribution >= 4 is 11.6 Å². The van der Waals surface area contributed by atoms with E-state index < -0.39 is 0 Å². The minimum atomic E-state index is -0.172. The van der Waals surface area contributed by atoms with Crippen molar-refractivity contribution in [2.45, 2.75) is 6.92 Å². The van der Waals surface area contributed by atoms with Gasteiger partial charge in [0, 0.05) is 12.1 Å². The second-order valence-corrected chi connectivity index (χ2v) is 3.71. The number of aromatic nitrogens is 3. The van der Waals surface area contributed by atoms with Gasteiger partial charge >= 0.3 is 5.69 Å². The summed E-state index contributed by atoms with van der Waals surface area (Å²) in [5, 5.41) is 4.64. The number of aryl methyl sites for hydroxylation is 2. The van der Waals surface area contributed by atoms with Crippen LogP contribution in [0.5, 0.6) is 0 Å². The highest BCUT2D eigenvalue weighted by atomic mass is 35.5. The van der Waals surface area contributed by atoms with Crippen LogP contribution in [-0.2, 0) is 7.05 Å². The van der Waals surface area contributed by atoms with Gasteiger partial charge in [-0.05, 0) is 25.1 Å². The Morgan fingerprint density at radius 1 is 1.40 bits per heavy atom. The molecule has 0 atom stereocenters. The Bertz CT molecular complexity index is 556. The molecule has 1 aromatic heterocycles. The van der Waals surface area contributed by atoms with Gasteiger partial charge in [-0.25, -0.2) is 14.0 Å². The molecule has 0 unspecified atom stereocenters. The molecule has 1 heterocycles. The van der Waals surface area contributed by atoms with E-state index in [1.807, 2.05) is 6.07 Å². The topological polar surface area (TPSA) is 39.8 Å². The van der Waals surface area contributed by atoms with Gasteiger partial charge in [0.25, 0.3) is 0 Å². The fourth-order valence-corrected chi connectivity index (χ4v) is 1.68. The highest BCUT2D eigenvalue weighted by molar-refractivity contribution is 6.30. The average molecular weight is 224 g/mol. The van der Waals surface area contributed by atoms with E-state index in [0.717, 1.165) is 5.69 Å². The lowest BCUT2D eigenvalue weighted by Gasteiger charge is -2.02. The number of benzene rings is 1. The van der Waals surface area contributed by atoms with Crippen molar-refractivity contribution in [1.29, 1.82) is 0 Å². The number of nitrogens with zero attached hydrogens (tertiary/aromatic N) is 3. The molecule has 0 saturated carbocycles. The van der Waals surface area contributed by atoms with Crippen LogP contribution in [-0.4, -0.2) is 14.3 Å². The van der Waals surface area contributed by atoms with Gasteiger partial charge in [-0.1, -0.05) is 17.7 Å². The molecule has 0 aliphatic carbocycles. The molecule has 78 valence electrons. The van der Waals surface area contributed by atoms with Crippen LogP contribution in [0.15, 0.2) is 29.1 Å². The fraction of sp³-hybridized carbons (Fsp3) is 0.200. The maximum Gasteiger partial charge on any atom is 0.350 e. The molecule has 0 N–H and O–H groups in total. The summed E-state index contributed by atoms with van der Waals surface area (Å²) in [4.78, 5) is 11.7. The van der Waals surface area contributed by atoms with Gasteiger partial charge in [0.05, 0.1) is 5.69 Å². The number of rotatable bonds is 1. The van der Waals surface area contributed by atoms with E-state index in [0.29, 0.717) is 10.8 Å². The third-order valence-corrected chi connectivity index (χ3v) is 2.39. The highest BCUT2D eigenvalue weighted by Crippen LogP contribution is 2.13. The predicted molar refractivity (Wildman–Crippen MR) is 58.6 cm³/mol. The van der Waals surface area contributed by atoms with Gasteiger partial charge in [0.2, 0.25) is 0 Å². The molecule has 0 bridgehead atoms. The maximum atomic E-state index is 11.7. The van der Waals surface area contributed by atoms with E-state index in [-0.39, 0.29) is 5.69 Å². The zero-order chi connectivity index (χ0) is 11.0. The quantitative estimate of drug-likeness (QED) is 0.736. The molecule has 5 heteroatoms. The van der Waals surface area contributed by atoms with Crippen LogP contribution in [0.3, 0.4) is 0 Å². The van der Waals surface area contributed by atoms with Crippen molar-refractivity contribution in [3.63, 3.8) is 0 Å². The Kier molecular flexibility index (Phi) is 2.36. The fourth-order valence-electron chi connectivity index (χ4n) is 1.50. The lowest BCUT2D eigenvalue weighted by atomic mass is 10.3. The van der Waals surface area contributed by atoms with Crippen LogP contribution in [0.2, 0.25) is 5.02 Å². The standard InChI is InChI=1S/C10H10ClN3O/c1-7-12-13(2)10(15)14(7)9-5-3-4-8(11)6-9/h3-6H,1-2H3. The minimum Gasteiger partial charge on any atom is -0.247 e. The van der Waals surface area contributed by atoms with Crippen LogP contribution in [0.25, 0.3) is 5.69 Å². The number of hydrogen-bond acceptors (Lipinski definition) is 2. The summed E-state index contributed by atoms with van der Waals surface area (Å²) in [6, 6.07) is 7.12. The zero-order valence-electron chi connectivity index (χ0n) is 8.44. The monoisotopic (exact) mass is 223 g/mol. The summed E-state index contributed by atoms with van der Waals surface area (Å²) in [6.07, 6.45) is 0. The van der Waals surface area contributed by atoms with Crippen LogP contribution in [0.4, 0.5) is 0 Å². The molecule has 0 amide bonds. The van der Waals surface area contributed by atoms with Crippen molar-refractivity contribution in [2.24, 2.45) is 7.05 Å². The SMILES string of the molecule is Cc1nn(C)c(=O)n1-c1cccc(Cl)c1. The molecule has 4 nitrogen and oxygen atoms in total. The first-order valence-electron chi connectivity index (χ1n) is 4.48. The van der Waals surface area contributed by atoms with E-state index in [1.54, 1.807) is 32.2 Å². The van der Waals surface area contributed by atoms with Crippen molar-refractivity contribution < 1.29 is 0 Å². The maximum absolute atomic E-state index is 11.7. The van der Waals surface area contributed by atoms with E-state index in [1.165, 1.54) is 9.25 Å². The molecule has 0 fully saturated rings. The van der Waals surface area contributed by atoms with E-state index in [4.69, 9.17) is 11.6 Å². The molecule has 2 rings (SSSR count). The summed E-state index contributed by atoms with van der Waals surface area (Å²) in [7, 11) is 1.62. The second kappa shape index (κ2) is 3.55. The smallest absolute Gasteiger partial charge is 0.247 e. The predicted octanol–water partition coefficient (Wildman–Crippen LogP) is 1.53. The second-order valence-electron chi connectivity index (χ2n) is 3.27. The Morgan fingerprint density at radius 3 is 2.67 bits per heavy atom. The van der Waals surface area contributed by atoms with Gasteiger partial charge in [0.15, 0.2) is 0 Å². The summed E-state index contributed by atoms with van der Waals surface area (Å²) in [5.74, 6) is 0.643. The molecule has 0 saturated heterocycles. The lowest BCUT2D eigenvalue weighted by Crippen LogP contribution is -2.21. The Balaban J connectivity index is 2.69. The largest absolute Gasteiger partial charge is 0.350 e. The van der Waals surface area contributed by atoms with E-state index in [9.17, 15) is 4.79 Å². The highest BCUT2D eigenvalue weighted by Gasteiger charge is 2.08. The van der Waals surface area contributed by atoms with Crippen molar-refractivity contribution in [3.05, 3.63) is 45.6 Å². The van der Waals surface area contributed by atoms with E-state index >= 15 is 0 Å². The summed E-state index contributed by atoms with van der Waals surface area (Å²) in [5.41, 5.74) is 0.563. The Labute approximate surface area is 91.7 Å². The summed E-state index contributed by atoms with van der Waals surface area (Å²) < 4.78 is 2.82. The van der Waals surface area contributed by atoms with Crippen molar-refractivity contribution in [1.82, 2.24) is 14.3 Å². The molecule has 15 heavy (non-hydrogen) atoms. The third-order valence-electron chi connectivity index (χ3n) is 2.15. The molecular formula is C10H10ClN3O. The lowest BCUT2D eigenvalue weighted by molar-refractivity contribution is 0.723. The summed E-state index contributed by atoms with van der Waals surface area (Å²) >= 11 is 5.86. The van der Waals surface area contributed by atoms with Crippen molar-refractivity contribution in [2.75, 3.05) is 0 Å². The molecular weight excluding hydrogens is 214 g/mol. The van der Waals surface area contributed by atoms with Crippen LogP contribution >= 0.6 is 11.6 Å². The molecule has 0 spiro atoms. The summed E-state index contributed by atoms with van der Waals surface area (Å²) in [6.45, 7) is 1.78. The first-order valence-corrected chi connectivity index (χ1v) is 4.86. The Hall–Kier alpha value is -1.55. The Morgan fingerprint density at radius 2 is 2.13 bits per heavy atom. The van der Waals surface area contributed by atoms with Gasteiger partial charge in [0.1, 0.15) is 5.82 Å². The number of halogens is 1. The van der Waals surface area contributed by atoms with Crippen LogP contribution in [0, 0.1) is 6.92 Å². The van der Waals surface area contributed by atoms with E-state index in [2.05, 4.69) is 5.10 Å². The average Bonchev–Trinajstić information content (AvgIpc) is 2.41. The van der Waals surface area contributed by atoms with Gasteiger partial charge in [-0.2, -0.15) is 5.10 Å². The zero-order valence-corrected chi connectivity index (χ0v) is 9.19. The third kappa shape index (κ3) is 1.68. The molecule has 0 aliphatic heterocycles. The van der Waals surface area contributed by atoms with Gasteiger partial charge in [-0.3, -0.25) is 0 Å². The van der Waals surface area contributed by atoms with Crippen LogP contribution in [0.1, 0.15) is 5.82 Å².